The molecule has 0 bridgehead atoms. The van der Waals surface area contributed by atoms with Gasteiger partial charge in [0.2, 0.25) is 5.95 Å². The molecule has 0 aliphatic heterocycles. The number of aromatic nitrogens is 2. The van der Waals surface area contributed by atoms with E-state index in [1.807, 2.05) is 43.3 Å². The predicted octanol–water partition coefficient (Wildman–Crippen LogP) is 5.00. The van der Waals surface area contributed by atoms with Gasteiger partial charge in [-0.15, -0.1) is 0 Å². The zero-order valence-corrected chi connectivity index (χ0v) is 15.3. The standard InChI is InChI=1S/C20H19ClN4O/c1-3-14-5-8-16(9-6-14)24-19(26)15-11-22-20(23-12-15)25-17-7-4-13(2)18(21)10-17/h4-12H,3H2,1-2H3,(H,24,26)(H,22,23,25). The number of halogens is 1. The van der Waals surface area contributed by atoms with Crippen LogP contribution in [0.1, 0.15) is 28.4 Å². The predicted molar refractivity (Wildman–Crippen MR) is 105 cm³/mol. The minimum absolute atomic E-state index is 0.251. The summed E-state index contributed by atoms with van der Waals surface area (Å²) in [5, 5.41) is 6.56. The molecule has 0 unspecified atom stereocenters. The Bertz CT molecular complexity index is 908. The molecule has 0 atom stereocenters. The molecule has 3 rings (SSSR count). The summed E-state index contributed by atoms with van der Waals surface area (Å²) in [7, 11) is 0. The fraction of sp³-hybridized carbons (Fsp3) is 0.150. The van der Waals surface area contributed by atoms with Crippen LogP contribution >= 0.6 is 11.6 Å². The summed E-state index contributed by atoms with van der Waals surface area (Å²) in [6.07, 6.45) is 3.93. The highest BCUT2D eigenvalue weighted by molar-refractivity contribution is 6.31. The van der Waals surface area contributed by atoms with Gasteiger partial charge in [0.25, 0.3) is 5.91 Å². The van der Waals surface area contributed by atoms with Gasteiger partial charge < -0.3 is 10.6 Å². The smallest absolute Gasteiger partial charge is 0.258 e. The molecule has 5 nitrogen and oxygen atoms in total. The van der Waals surface area contributed by atoms with E-state index in [2.05, 4.69) is 27.5 Å². The zero-order chi connectivity index (χ0) is 18.5. The molecular weight excluding hydrogens is 348 g/mol. The van der Waals surface area contributed by atoms with Crippen LogP contribution < -0.4 is 10.6 Å². The van der Waals surface area contributed by atoms with Gasteiger partial charge >= 0.3 is 0 Å². The van der Waals surface area contributed by atoms with Crippen LogP contribution in [0.15, 0.2) is 54.9 Å². The molecule has 0 fully saturated rings. The Morgan fingerprint density at radius 1 is 1.04 bits per heavy atom. The number of rotatable bonds is 5. The number of aryl methyl sites for hydroxylation is 2. The number of amides is 1. The van der Waals surface area contributed by atoms with Crippen molar-refractivity contribution in [1.29, 1.82) is 0 Å². The Morgan fingerprint density at radius 3 is 2.31 bits per heavy atom. The van der Waals surface area contributed by atoms with Gasteiger partial charge in [0.05, 0.1) is 5.56 Å². The average Bonchev–Trinajstić information content (AvgIpc) is 2.66. The first-order valence-electron chi connectivity index (χ1n) is 8.30. The minimum atomic E-state index is -0.251. The molecule has 1 aromatic heterocycles. The van der Waals surface area contributed by atoms with E-state index >= 15 is 0 Å². The molecule has 3 aromatic rings. The molecule has 2 N–H and O–H groups in total. The SMILES string of the molecule is CCc1ccc(NC(=O)c2cnc(Nc3ccc(C)c(Cl)c3)nc2)cc1. The van der Waals surface area contributed by atoms with Crippen molar-refractivity contribution in [2.24, 2.45) is 0 Å². The molecule has 1 heterocycles. The molecule has 132 valence electrons. The summed E-state index contributed by atoms with van der Waals surface area (Å²) >= 11 is 6.11. The molecule has 6 heteroatoms. The van der Waals surface area contributed by atoms with Gasteiger partial charge in [0.15, 0.2) is 0 Å². The van der Waals surface area contributed by atoms with E-state index in [4.69, 9.17) is 11.6 Å². The maximum Gasteiger partial charge on any atom is 0.258 e. The Kier molecular flexibility index (Phi) is 5.49. The number of nitrogens with zero attached hydrogens (tertiary/aromatic N) is 2. The normalized spacial score (nSPS) is 10.4. The molecule has 0 radical (unpaired) electrons. The molecule has 0 spiro atoms. The number of carbonyl (C=O) groups is 1. The van der Waals surface area contributed by atoms with Crippen molar-refractivity contribution < 1.29 is 4.79 Å². The molecular formula is C20H19ClN4O. The van der Waals surface area contributed by atoms with Crippen LogP contribution in [0.25, 0.3) is 0 Å². The summed E-state index contributed by atoms with van der Waals surface area (Å²) in [6, 6.07) is 13.4. The first kappa shape index (κ1) is 17.9. The molecule has 0 saturated carbocycles. The number of anilines is 3. The number of nitrogens with one attached hydrogen (secondary N) is 2. The van der Waals surface area contributed by atoms with Crippen LogP contribution in [0.3, 0.4) is 0 Å². The molecule has 2 aromatic carbocycles. The lowest BCUT2D eigenvalue weighted by Gasteiger charge is -2.08. The van der Waals surface area contributed by atoms with Crippen LogP contribution in [0.2, 0.25) is 5.02 Å². The highest BCUT2D eigenvalue weighted by Crippen LogP contribution is 2.21. The van der Waals surface area contributed by atoms with Crippen LogP contribution in [-0.2, 0) is 6.42 Å². The largest absolute Gasteiger partial charge is 0.324 e. The van der Waals surface area contributed by atoms with Crippen molar-refractivity contribution in [1.82, 2.24) is 9.97 Å². The van der Waals surface area contributed by atoms with Crippen LogP contribution in [-0.4, -0.2) is 15.9 Å². The summed E-state index contributed by atoms with van der Waals surface area (Å²) in [5.41, 5.74) is 4.13. The molecule has 26 heavy (non-hydrogen) atoms. The van der Waals surface area contributed by atoms with Gasteiger partial charge in [-0.25, -0.2) is 9.97 Å². The number of hydrogen-bond acceptors (Lipinski definition) is 4. The van der Waals surface area contributed by atoms with Crippen molar-refractivity contribution in [3.05, 3.63) is 76.6 Å². The van der Waals surface area contributed by atoms with Gasteiger partial charge in [-0.1, -0.05) is 36.7 Å². The van der Waals surface area contributed by atoms with E-state index in [9.17, 15) is 4.79 Å². The second-order valence-corrected chi connectivity index (χ2v) is 6.30. The fourth-order valence-corrected chi connectivity index (χ4v) is 2.52. The van der Waals surface area contributed by atoms with E-state index < -0.39 is 0 Å². The van der Waals surface area contributed by atoms with E-state index in [0.29, 0.717) is 16.5 Å². The Labute approximate surface area is 157 Å². The molecule has 1 amide bonds. The van der Waals surface area contributed by atoms with E-state index in [-0.39, 0.29) is 5.91 Å². The summed E-state index contributed by atoms with van der Waals surface area (Å²) in [4.78, 5) is 20.7. The Hall–Kier alpha value is -2.92. The summed E-state index contributed by atoms with van der Waals surface area (Å²) < 4.78 is 0. The maximum atomic E-state index is 12.3. The summed E-state index contributed by atoms with van der Waals surface area (Å²) in [5.74, 6) is 0.146. The van der Waals surface area contributed by atoms with Gasteiger partial charge in [0, 0.05) is 28.8 Å². The number of hydrogen-bond donors (Lipinski definition) is 2. The average molecular weight is 367 g/mol. The second kappa shape index (κ2) is 7.97. The first-order chi connectivity index (χ1) is 12.5. The monoisotopic (exact) mass is 366 g/mol. The van der Waals surface area contributed by atoms with Gasteiger partial charge in [0.1, 0.15) is 0 Å². The topological polar surface area (TPSA) is 66.9 Å². The third kappa shape index (κ3) is 4.37. The van der Waals surface area contributed by atoms with E-state index in [1.165, 1.54) is 18.0 Å². The molecule has 0 aliphatic rings. The highest BCUT2D eigenvalue weighted by atomic mass is 35.5. The third-order valence-electron chi connectivity index (χ3n) is 3.96. The van der Waals surface area contributed by atoms with Crippen molar-refractivity contribution in [3.8, 4) is 0 Å². The Balaban J connectivity index is 1.66. The van der Waals surface area contributed by atoms with Crippen LogP contribution in [0, 0.1) is 6.92 Å². The second-order valence-electron chi connectivity index (χ2n) is 5.89. The lowest BCUT2D eigenvalue weighted by Crippen LogP contribution is -2.13. The number of carbonyl (C=O) groups excluding carboxylic acids is 1. The highest BCUT2D eigenvalue weighted by Gasteiger charge is 2.08. The van der Waals surface area contributed by atoms with Gasteiger partial charge in [-0.2, -0.15) is 0 Å². The third-order valence-corrected chi connectivity index (χ3v) is 4.37. The number of benzene rings is 2. The first-order valence-corrected chi connectivity index (χ1v) is 8.68. The van der Waals surface area contributed by atoms with Crippen molar-refractivity contribution in [2.45, 2.75) is 20.3 Å². The fourth-order valence-electron chi connectivity index (χ4n) is 2.34. The van der Waals surface area contributed by atoms with Crippen molar-refractivity contribution in [2.75, 3.05) is 10.6 Å². The van der Waals surface area contributed by atoms with Crippen molar-refractivity contribution in [3.63, 3.8) is 0 Å². The molecule has 0 saturated heterocycles. The lowest BCUT2D eigenvalue weighted by molar-refractivity contribution is 0.102. The quantitative estimate of drug-likeness (QED) is 0.667. The summed E-state index contributed by atoms with van der Waals surface area (Å²) in [6.45, 7) is 4.02. The van der Waals surface area contributed by atoms with E-state index in [0.717, 1.165) is 23.4 Å². The minimum Gasteiger partial charge on any atom is -0.324 e. The van der Waals surface area contributed by atoms with Crippen LogP contribution in [0.5, 0.6) is 0 Å². The maximum absolute atomic E-state index is 12.3. The Morgan fingerprint density at radius 2 is 1.69 bits per heavy atom. The van der Waals surface area contributed by atoms with Gasteiger partial charge in [-0.3, -0.25) is 4.79 Å². The van der Waals surface area contributed by atoms with Crippen molar-refractivity contribution >= 4 is 34.8 Å². The van der Waals surface area contributed by atoms with E-state index in [1.54, 1.807) is 6.07 Å². The lowest BCUT2D eigenvalue weighted by atomic mass is 10.1. The van der Waals surface area contributed by atoms with Crippen LogP contribution in [0.4, 0.5) is 17.3 Å². The molecule has 0 aliphatic carbocycles. The zero-order valence-electron chi connectivity index (χ0n) is 14.6. The van der Waals surface area contributed by atoms with Gasteiger partial charge in [-0.05, 0) is 48.7 Å².